The fourth-order valence-electron chi connectivity index (χ4n) is 3.57. The molecule has 2 aromatic carbocycles. The van der Waals surface area contributed by atoms with Gasteiger partial charge in [-0.15, -0.1) is 0 Å². The molecule has 6 nitrogen and oxygen atoms in total. The number of nitrogens with one attached hydrogen (secondary N) is 1. The first-order chi connectivity index (χ1) is 17.0. The normalized spacial score (nSPS) is 12.5. The van der Waals surface area contributed by atoms with Crippen molar-refractivity contribution in [3.63, 3.8) is 0 Å². The summed E-state index contributed by atoms with van der Waals surface area (Å²) in [6.07, 6.45) is 1.99. The summed E-state index contributed by atoms with van der Waals surface area (Å²) in [4.78, 5) is 28.5. The first-order valence-corrected chi connectivity index (χ1v) is 12.6. The predicted molar refractivity (Wildman–Crippen MR) is 146 cm³/mol. The lowest BCUT2D eigenvalue weighted by atomic mass is 9.86. The fraction of sp³-hybridized carbons (Fsp3) is 0.321. The minimum absolute atomic E-state index is 0.0485. The van der Waals surface area contributed by atoms with Crippen molar-refractivity contribution in [3.05, 3.63) is 93.6 Å². The number of carbonyl (C=O) groups is 2. The quantitative estimate of drug-likeness (QED) is 0.344. The van der Waals surface area contributed by atoms with Crippen molar-refractivity contribution >= 4 is 35.0 Å². The van der Waals surface area contributed by atoms with E-state index in [-0.39, 0.29) is 29.3 Å². The van der Waals surface area contributed by atoms with E-state index in [9.17, 15) is 9.59 Å². The molecule has 2 atom stereocenters. The van der Waals surface area contributed by atoms with Crippen LogP contribution in [0.3, 0.4) is 0 Å². The zero-order valence-corrected chi connectivity index (χ0v) is 22.7. The maximum atomic E-state index is 13.2. The number of rotatable bonds is 9. The first kappa shape index (κ1) is 29.1. The first-order valence-electron chi connectivity index (χ1n) is 11.8. The predicted octanol–water partition coefficient (Wildman–Crippen LogP) is 6.20. The van der Waals surface area contributed by atoms with Crippen LogP contribution >= 0.6 is 23.2 Å². The van der Waals surface area contributed by atoms with Crippen LogP contribution < -0.4 is 15.8 Å². The Hall–Kier alpha value is -3.09. The Balaban J connectivity index is 0.00000222. The molecule has 192 valence electrons. The summed E-state index contributed by atoms with van der Waals surface area (Å²) in [5, 5.41) is 4.38. The van der Waals surface area contributed by atoms with Crippen LogP contribution in [0.2, 0.25) is 10.0 Å². The van der Waals surface area contributed by atoms with Crippen LogP contribution in [0.15, 0.2) is 66.9 Å². The van der Waals surface area contributed by atoms with Gasteiger partial charge in [-0.3, -0.25) is 9.59 Å². The van der Waals surface area contributed by atoms with Gasteiger partial charge in [-0.2, -0.15) is 0 Å². The van der Waals surface area contributed by atoms with E-state index in [0.29, 0.717) is 16.5 Å². The number of primary amides is 1. The number of amides is 2. The van der Waals surface area contributed by atoms with Crippen molar-refractivity contribution in [2.24, 2.45) is 5.73 Å². The summed E-state index contributed by atoms with van der Waals surface area (Å²) >= 11 is 12.3. The van der Waals surface area contributed by atoms with Gasteiger partial charge in [-0.05, 0) is 68.7 Å². The Bertz CT molecular complexity index is 1150. The number of nitrogens with two attached hydrogens (primary N) is 1. The highest BCUT2D eigenvalue weighted by Gasteiger charge is 2.33. The summed E-state index contributed by atoms with van der Waals surface area (Å²) in [7, 11) is 0. The van der Waals surface area contributed by atoms with Gasteiger partial charge in [0, 0.05) is 34.3 Å². The minimum Gasteiger partial charge on any atom is -0.462 e. The average Bonchev–Trinajstić information content (AvgIpc) is 2.85. The smallest absolute Gasteiger partial charge is 0.263 e. The molecule has 0 radical (unpaired) electrons. The van der Waals surface area contributed by atoms with E-state index in [1.807, 2.05) is 69.3 Å². The van der Waals surface area contributed by atoms with Crippen LogP contribution in [0.1, 0.15) is 62.0 Å². The van der Waals surface area contributed by atoms with E-state index in [4.69, 9.17) is 33.7 Å². The Labute approximate surface area is 223 Å². The van der Waals surface area contributed by atoms with Crippen LogP contribution in [-0.4, -0.2) is 28.4 Å². The van der Waals surface area contributed by atoms with E-state index in [2.05, 4.69) is 10.3 Å². The van der Waals surface area contributed by atoms with E-state index in [1.165, 1.54) is 18.3 Å². The molecule has 1 heterocycles. The molecule has 0 fully saturated rings. The Kier molecular flexibility index (Phi) is 10.8. The number of nitrogens with zero attached hydrogens (tertiary/aromatic N) is 1. The lowest BCUT2D eigenvalue weighted by Gasteiger charge is -2.30. The van der Waals surface area contributed by atoms with Gasteiger partial charge < -0.3 is 15.8 Å². The molecule has 0 spiro atoms. The van der Waals surface area contributed by atoms with E-state index in [0.717, 1.165) is 11.1 Å². The van der Waals surface area contributed by atoms with Crippen molar-refractivity contribution in [3.8, 4) is 5.88 Å². The SMILES string of the molecule is CC.CC(NC(=O)C(C)(C)Oc1ccc(C(N)=O)cn1)C(Cc1ccc(Cl)cc1)c1cccc(Cl)c1. The third-order valence-corrected chi connectivity index (χ3v) is 6.02. The number of hydrogen-bond donors (Lipinski definition) is 2. The third kappa shape index (κ3) is 8.25. The molecular formula is C28H33Cl2N3O3. The zero-order chi connectivity index (χ0) is 26.9. The van der Waals surface area contributed by atoms with E-state index >= 15 is 0 Å². The number of hydrogen-bond acceptors (Lipinski definition) is 4. The molecule has 3 rings (SSSR count). The van der Waals surface area contributed by atoms with Gasteiger partial charge in [0.2, 0.25) is 11.8 Å². The van der Waals surface area contributed by atoms with Crippen molar-refractivity contribution in [2.45, 2.75) is 58.6 Å². The molecule has 3 aromatic rings. The van der Waals surface area contributed by atoms with Crippen LogP contribution in [0, 0.1) is 0 Å². The molecule has 2 unspecified atom stereocenters. The zero-order valence-electron chi connectivity index (χ0n) is 21.2. The van der Waals surface area contributed by atoms with E-state index in [1.54, 1.807) is 13.8 Å². The largest absolute Gasteiger partial charge is 0.462 e. The maximum absolute atomic E-state index is 13.2. The highest BCUT2D eigenvalue weighted by atomic mass is 35.5. The van der Waals surface area contributed by atoms with Gasteiger partial charge in [0.05, 0.1) is 5.56 Å². The van der Waals surface area contributed by atoms with Crippen molar-refractivity contribution in [1.82, 2.24) is 10.3 Å². The van der Waals surface area contributed by atoms with Crippen molar-refractivity contribution in [2.75, 3.05) is 0 Å². The molecule has 0 aliphatic carbocycles. The molecule has 36 heavy (non-hydrogen) atoms. The van der Waals surface area contributed by atoms with Gasteiger partial charge in [0.1, 0.15) is 0 Å². The number of ether oxygens (including phenoxy) is 1. The second-order valence-electron chi connectivity index (χ2n) is 8.62. The monoisotopic (exact) mass is 529 g/mol. The Morgan fingerprint density at radius 1 is 1.03 bits per heavy atom. The van der Waals surface area contributed by atoms with Crippen LogP contribution in [0.25, 0.3) is 0 Å². The lowest BCUT2D eigenvalue weighted by molar-refractivity contribution is -0.135. The lowest BCUT2D eigenvalue weighted by Crippen LogP contribution is -2.51. The highest BCUT2D eigenvalue weighted by Crippen LogP contribution is 2.28. The number of halogens is 2. The van der Waals surface area contributed by atoms with Crippen molar-refractivity contribution < 1.29 is 14.3 Å². The van der Waals surface area contributed by atoms with Gasteiger partial charge in [0.15, 0.2) is 5.60 Å². The van der Waals surface area contributed by atoms with Gasteiger partial charge in [-0.1, -0.05) is 61.3 Å². The standard InChI is InChI=1S/C26H27Cl2N3O3.C2H6/c1-16(31-25(33)26(2,3)34-23-12-9-19(15-30-23)24(29)32)22(18-5-4-6-21(28)14-18)13-17-7-10-20(27)11-8-17;1-2/h4-12,14-16,22H,13H2,1-3H3,(H2,29,32)(H,31,33);1-2H3. The Morgan fingerprint density at radius 2 is 1.69 bits per heavy atom. The minimum atomic E-state index is -1.21. The van der Waals surface area contributed by atoms with Gasteiger partial charge in [-0.25, -0.2) is 4.98 Å². The summed E-state index contributed by atoms with van der Waals surface area (Å²) in [6.45, 7) is 9.27. The summed E-state index contributed by atoms with van der Waals surface area (Å²) in [5.41, 5.74) is 6.39. The van der Waals surface area contributed by atoms with Gasteiger partial charge in [0.25, 0.3) is 5.91 Å². The summed E-state index contributed by atoms with van der Waals surface area (Å²) in [6, 6.07) is 18.1. The third-order valence-electron chi connectivity index (χ3n) is 5.54. The number of pyridine rings is 1. The molecule has 0 aliphatic heterocycles. The van der Waals surface area contributed by atoms with Crippen LogP contribution in [0.5, 0.6) is 5.88 Å². The molecule has 2 amide bonds. The molecule has 0 bridgehead atoms. The van der Waals surface area contributed by atoms with Crippen LogP contribution in [0.4, 0.5) is 0 Å². The molecule has 0 saturated carbocycles. The Morgan fingerprint density at radius 3 is 2.25 bits per heavy atom. The molecule has 0 aliphatic rings. The van der Waals surface area contributed by atoms with Crippen LogP contribution in [-0.2, 0) is 11.2 Å². The number of aromatic nitrogens is 1. The number of carbonyl (C=O) groups excluding carboxylic acids is 2. The van der Waals surface area contributed by atoms with Gasteiger partial charge >= 0.3 is 0 Å². The summed E-state index contributed by atoms with van der Waals surface area (Å²) in [5.74, 6) is -0.723. The molecule has 3 N–H and O–H groups in total. The second kappa shape index (κ2) is 13.3. The topological polar surface area (TPSA) is 94.3 Å². The number of benzene rings is 2. The van der Waals surface area contributed by atoms with E-state index < -0.39 is 11.5 Å². The highest BCUT2D eigenvalue weighted by molar-refractivity contribution is 6.30. The molecule has 0 saturated heterocycles. The average molecular weight is 530 g/mol. The fourth-order valence-corrected chi connectivity index (χ4v) is 3.90. The maximum Gasteiger partial charge on any atom is 0.263 e. The second-order valence-corrected chi connectivity index (χ2v) is 9.49. The molecule has 8 heteroatoms. The summed E-state index contributed by atoms with van der Waals surface area (Å²) < 4.78 is 5.82. The molecular weight excluding hydrogens is 497 g/mol. The molecule has 1 aromatic heterocycles. The van der Waals surface area contributed by atoms with Crippen molar-refractivity contribution in [1.29, 1.82) is 0 Å².